The minimum Gasteiger partial charge on any atom is -0.493 e. The van der Waals surface area contributed by atoms with Crippen LogP contribution < -0.4 is 4.74 Å². The van der Waals surface area contributed by atoms with E-state index in [1.807, 2.05) is 0 Å². The van der Waals surface area contributed by atoms with Gasteiger partial charge in [-0.2, -0.15) is 4.39 Å². The van der Waals surface area contributed by atoms with Gasteiger partial charge in [0.15, 0.2) is 11.6 Å². The largest absolute Gasteiger partial charge is 0.493 e. The Labute approximate surface area is 76.7 Å². The van der Waals surface area contributed by atoms with E-state index >= 15 is 0 Å². The highest BCUT2D eigenvalue weighted by Crippen LogP contribution is 2.29. The van der Waals surface area contributed by atoms with Gasteiger partial charge in [-0.1, -0.05) is 0 Å². The number of methoxy groups -OCH3 is 1. The van der Waals surface area contributed by atoms with E-state index in [-0.39, 0.29) is 0 Å². The molecule has 2 nitrogen and oxygen atoms in total. The molecule has 0 amide bonds. The van der Waals surface area contributed by atoms with Crippen molar-refractivity contribution in [1.29, 1.82) is 0 Å². The number of aliphatic hydroxyl groups is 1. The monoisotopic (exact) mass is 210 g/mol. The van der Waals surface area contributed by atoms with Crippen LogP contribution in [0.3, 0.4) is 0 Å². The van der Waals surface area contributed by atoms with E-state index < -0.39 is 35.1 Å². The summed E-state index contributed by atoms with van der Waals surface area (Å²) in [5.74, 6) is -5.43. The van der Waals surface area contributed by atoms with Gasteiger partial charge in [0.1, 0.15) is 5.82 Å². The second-order valence-electron chi connectivity index (χ2n) is 2.44. The predicted octanol–water partition coefficient (Wildman–Crippen LogP) is 2.07. The maximum Gasteiger partial charge on any atom is 0.228 e. The average molecular weight is 210 g/mol. The molecule has 0 heterocycles. The van der Waals surface area contributed by atoms with Crippen molar-refractivity contribution >= 4 is 0 Å². The molecule has 0 saturated carbocycles. The SMILES string of the molecule is COc1cc(F)c(C(O)F)c(F)c1F. The van der Waals surface area contributed by atoms with Gasteiger partial charge in [0.25, 0.3) is 0 Å². The number of alkyl halides is 1. The zero-order chi connectivity index (χ0) is 10.9. The maximum absolute atomic E-state index is 12.9. The quantitative estimate of drug-likeness (QED) is 0.598. The van der Waals surface area contributed by atoms with Crippen LogP contribution in [-0.4, -0.2) is 12.2 Å². The Morgan fingerprint density at radius 1 is 1.29 bits per heavy atom. The van der Waals surface area contributed by atoms with Crippen molar-refractivity contribution in [1.82, 2.24) is 0 Å². The van der Waals surface area contributed by atoms with Crippen LogP contribution in [-0.2, 0) is 0 Å². The molecular weight excluding hydrogens is 204 g/mol. The molecule has 0 aromatic heterocycles. The van der Waals surface area contributed by atoms with Gasteiger partial charge in [-0.05, 0) is 0 Å². The highest BCUT2D eigenvalue weighted by molar-refractivity contribution is 5.33. The lowest BCUT2D eigenvalue weighted by atomic mass is 10.2. The van der Waals surface area contributed by atoms with Crippen LogP contribution in [0.15, 0.2) is 6.07 Å². The molecule has 0 spiro atoms. The number of rotatable bonds is 2. The Kier molecular flexibility index (Phi) is 2.95. The predicted molar refractivity (Wildman–Crippen MR) is 38.9 cm³/mol. The number of benzene rings is 1. The van der Waals surface area contributed by atoms with Gasteiger partial charge in [0.2, 0.25) is 12.2 Å². The summed E-state index contributed by atoms with van der Waals surface area (Å²) in [5.41, 5.74) is -1.36. The first kappa shape index (κ1) is 10.8. The fraction of sp³-hybridized carbons (Fsp3) is 0.250. The zero-order valence-electron chi connectivity index (χ0n) is 7.02. The summed E-state index contributed by atoms with van der Waals surface area (Å²) >= 11 is 0. The third kappa shape index (κ3) is 1.65. The van der Waals surface area contributed by atoms with E-state index in [4.69, 9.17) is 5.11 Å². The van der Waals surface area contributed by atoms with Crippen LogP contribution in [0, 0.1) is 17.5 Å². The molecule has 0 aliphatic carbocycles. The van der Waals surface area contributed by atoms with Gasteiger partial charge < -0.3 is 9.84 Å². The Morgan fingerprint density at radius 2 is 1.86 bits per heavy atom. The highest BCUT2D eigenvalue weighted by atomic mass is 19.2. The van der Waals surface area contributed by atoms with Gasteiger partial charge in [0, 0.05) is 6.07 Å². The highest BCUT2D eigenvalue weighted by Gasteiger charge is 2.24. The van der Waals surface area contributed by atoms with Crippen LogP contribution >= 0.6 is 0 Å². The Morgan fingerprint density at radius 3 is 2.29 bits per heavy atom. The van der Waals surface area contributed by atoms with Crippen LogP contribution in [0.1, 0.15) is 11.9 Å². The maximum atomic E-state index is 12.9. The fourth-order valence-corrected chi connectivity index (χ4v) is 0.954. The van der Waals surface area contributed by atoms with Gasteiger partial charge in [0.05, 0.1) is 12.7 Å². The minimum absolute atomic E-state index is 0.455. The van der Waals surface area contributed by atoms with Crippen molar-refractivity contribution in [3.8, 4) is 5.75 Å². The zero-order valence-corrected chi connectivity index (χ0v) is 7.02. The molecule has 1 rings (SSSR count). The summed E-state index contributed by atoms with van der Waals surface area (Å²) in [5, 5.41) is 8.32. The fourth-order valence-electron chi connectivity index (χ4n) is 0.954. The molecule has 1 aromatic rings. The molecule has 1 unspecified atom stereocenters. The molecule has 0 aliphatic rings. The molecule has 1 atom stereocenters. The Hall–Kier alpha value is -1.30. The van der Waals surface area contributed by atoms with Crippen molar-refractivity contribution in [3.63, 3.8) is 0 Å². The Bertz CT molecular complexity index is 352. The second kappa shape index (κ2) is 3.83. The molecule has 0 radical (unpaired) electrons. The first-order valence-corrected chi connectivity index (χ1v) is 3.52. The van der Waals surface area contributed by atoms with Gasteiger partial charge in [-0.25, -0.2) is 13.2 Å². The van der Waals surface area contributed by atoms with Gasteiger partial charge in [-0.3, -0.25) is 0 Å². The summed E-state index contributed by atoms with van der Waals surface area (Å²) in [6.07, 6.45) is -2.91. The molecule has 0 bridgehead atoms. The number of hydrogen-bond acceptors (Lipinski definition) is 2. The molecule has 0 aliphatic heterocycles. The molecule has 6 heteroatoms. The minimum atomic E-state index is -2.91. The number of halogens is 4. The lowest BCUT2D eigenvalue weighted by Gasteiger charge is -2.08. The topological polar surface area (TPSA) is 29.5 Å². The third-order valence-corrected chi connectivity index (χ3v) is 1.62. The molecule has 0 fully saturated rings. The van der Waals surface area contributed by atoms with Crippen molar-refractivity contribution in [2.24, 2.45) is 0 Å². The Balaban J connectivity index is 3.41. The summed E-state index contributed by atoms with van der Waals surface area (Å²) in [6, 6.07) is 0.455. The van der Waals surface area contributed by atoms with Gasteiger partial charge in [-0.15, -0.1) is 0 Å². The van der Waals surface area contributed by atoms with E-state index in [1.54, 1.807) is 0 Å². The molecular formula is C8H6F4O2. The van der Waals surface area contributed by atoms with Crippen molar-refractivity contribution < 1.29 is 27.4 Å². The van der Waals surface area contributed by atoms with Crippen LogP contribution in [0.5, 0.6) is 5.75 Å². The number of aliphatic hydroxyl groups excluding tert-OH is 1. The average Bonchev–Trinajstić information content (AvgIpc) is 2.10. The van der Waals surface area contributed by atoms with Crippen molar-refractivity contribution in [3.05, 3.63) is 29.1 Å². The third-order valence-electron chi connectivity index (χ3n) is 1.62. The first-order chi connectivity index (χ1) is 6.49. The summed E-state index contributed by atoms with van der Waals surface area (Å²) < 4.78 is 55.1. The summed E-state index contributed by atoms with van der Waals surface area (Å²) in [4.78, 5) is 0. The molecule has 0 saturated heterocycles. The van der Waals surface area contributed by atoms with E-state index in [0.717, 1.165) is 7.11 Å². The van der Waals surface area contributed by atoms with Crippen LogP contribution in [0.4, 0.5) is 17.6 Å². The second-order valence-corrected chi connectivity index (χ2v) is 2.44. The van der Waals surface area contributed by atoms with Crippen molar-refractivity contribution in [2.45, 2.75) is 6.36 Å². The van der Waals surface area contributed by atoms with Crippen LogP contribution in [0.2, 0.25) is 0 Å². The molecule has 1 N–H and O–H groups in total. The van der Waals surface area contributed by atoms with E-state index in [9.17, 15) is 17.6 Å². The van der Waals surface area contributed by atoms with Crippen molar-refractivity contribution in [2.75, 3.05) is 7.11 Å². The molecule has 14 heavy (non-hydrogen) atoms. The van der Waals surface area contributed by atoms with Gasteiger partial charge >= 0.3 is 0 Å². The normalized spacial score (nSPS) is 12.7. The summed E-state index contributed by atoms with van der Waals surface area (Å²) in [7, 11) is 1.00. The van der Waals surface area contributed by atoms with E-state index in [1.165, 1.54) is 0 Å². The molecule has 1 aromatic carbocycles. The number of hydrogen-bond donors (Lipinski definition) is 1. The standard InChI is InChI=1S/C8H6F4O2/c1-14-4-2-3(9)5(8(12)13)7(11)6(4)10/h2,8,13H,1H3. The number of ether oxygens (including phenoxy) is 1. The van der Waals surface area contributed by atoms with E-state index in [2.05, 4.69) is 4.74 Å². The molecule has 78 valence electrons. The van der Waals surface area contributed by atoms with Crippen LogP contribution in [0.25, 0.3) is 0 Å². The first-order valence-electron chi connectivity index (χ1n) is 3.52. The smallest absolute Gasteiger partial charge is 0.228 e. The lowest BCUT2D eigenvalue weighted by Crippen LogP contribution is -2.04. The lowest BCUT2D eigenvalue weighted by molar-refractivity contribution is 0.0335. The summed E-state index contributed by atoms with van der Waals surface area (Å²) in [6.45, 7) is 0. The van der Waals surface area contributed by atoms with E-state index in [0.29, 0.717) is 6.07 Å².